The molecule has 3 nitrogen and oxygen atoms in total. The highest BCUT2D eigenvalue weighted by atomic mass is 32.2. The van der Waals surface area contributed by atoms with E-state index in [0.717, 1.165) is 11.1 Å². The molecule has 0 aliphatic heterocycles. The summed E-state index contributed by atoms with van der Waals surface area (Å²) >= 11 is 1.57. The van der Waals surface area contributed by atoms with Gasteiger partial charge >= 0.3 is 0 Å². The van der Waals surface area contributed by atoms with Crippen LogP contribution in [-0.2, 0) is 11.2 Å². The van der Waals surface area contributed by atoms with Crippen LogP contribution >= 0.6 is 11.8 Å². The average molecular weight is 267 g/mol. The Labute approximate surface area is 113 Å². The average Bonchev–Trinajstić information content (AvgIpc) is 2.30. The number of nitrogens with one attached hydrogen (secondary N) is 1. The number of hydrogen-bond acceptors (Lipinski definition) is 3. The zero-order valence-electron chi connectivity index (χ0n) is 11.2. The predicted octanol–water partition coefficient (Wildman–Crippen LogP) is 1.77. The molecule has 0 spiro atoms. The number of thioether (sulfide) groups is 1. The maximum atomic E-state index is 11.8. The molecule has 1 rings (SSSR count). The first-order valence-corrected chi connectivity index (χ1v) is 7.36. The number of hydrogen-bond donors (Lipinski definition) is 2. The molecule has 0 bridgehead atoms. The van der Waals surface area contributed by atoms with E-state index >= 15 is 0 Å². The van der Waals surface area contributed by atoms with Crippen molar-refractivity contribution in [3.05, 3.63) is 35.4 Å². The SMILES string of the molecule is CSCC(C)(O)CNC(=O)Cc1ccccc1C. The van der Waals surface area contributed by atoms with E-state index < -0.39 is 5.60 Å². The summed E-state index contributed by atoms with van der Waals surface area (Å²) in [5.41, 5.74) is 1.30. The van der Waals surface area contributed by atoms with E-state index in [9.17, 15) is 9.90 Å². The first-order chi connectivity index (χ1) is 8.44. The van der Waals surface area contributed by atoms with Crippen LogP contribution in [-0.4, -0.2) is 35.2 Å². The van der Waals surface area contributed by atoms with Gasteiger partial charge in [0.25, 0.3) is 0 Å². The zero-order valence-corrected chi connectivity index (χ0v) is 12.0. The lowest BCUT2D eigenvalue weighted by Gasteiger charge is -2.22. The molecular weight excluding hydrogens is 246 g/mol. The fourth-order valence-electron chi connectivity index (χ4n) is 1.69. The van der Waals surface area contributed by atoms with Crippen molar-refractivity contribution in [2.24, 2.45) is 0 Å². The van der Waals surface area contributed by atoms with E-state index in [1.807, 2.05) is 37.4 Å². The molecule has 0 saturated carbocycles. The minimum Gasteiger partial charge on any atom is -0.387 e. The number of rotatable bonds is 6. The fourth-order valence-corrected chi connectivity index (χ4v) is 2.42. The number of amides is 1. The number of aliphatic hydroxyl groups is 1. The van der Waals surface area contributed by atoms with Crippen LogP contribution in [0.2, 0.25) is 0 Å². The largest absolute Gasteiger partial charge is 0.387 e. The normalized spacial score (nSPS) is 14.0. The standard InChI is InChI=1S/C14H21NO2S/c1-11-6-4-5-7-12(11)8-13(16)15-9-14(2,17)10-18-3/h4-7,17H,8-10H2,1-3H3,(H,15,16). The van der Waals surface area contributed by atoms with E-state index in [0.29, 0.717) is 18.7 Å². The lowest BCUT2D eigenvalue weighted by atomic mass is 10.1. The van der Waals surface area contributed by atoms with Crippen molar-refractivity contribution in [3.63, 3.8) is 0 Å². The van der Waals surface area contributed by atoms with Gasteiger partial charge in [-0.1, -0.05) is 24.3 Å². The molecule has 1 aromatic carbocycles. The van der Waals surface area contributed by atoms with Gasteiger partial charge in [-0.15, -0.1) is 0 Å². The second kappa shape index (κ2) is 6.81. The summed E-state index contributed by atoms with van der Waals surface area (Å²) in [6, 6.07) is 7.83. The highest BCUT2D eigenvalue weighted by Crippen LogP contribution is 2.10. The molecular formula is C14H21NO2S. The highest BCUT2D eigenvalue weighted by Gasteiger charge is 2.20. The van der Waals surface area contributed by atoms with Gasteiger partial charge in [0.1, 0.15) is 0 Å². The molecule has 0 aromatic heterocycles. The third-order valence-electron chi connectivity index (χ3n) is 2.73. The summed E-state index contributed by atoms with van der Waals surface area (Å²) in [5, 5.41) is 12.7. The van der Waals surface area contributed by atoms with Crippen LogP contribution < -0.4 is 5.32 Å². The van der Waals surface area contributed by atoms with Gasteiger partial charge < -0.3 is 10.4 Å². The van der Waals surface area contributed by atoms with Crippen LogP contribution in [0.4, 0.5) is 0 Å². The predicted molar refractivity (Wildman–Crippen MR) is 76.9 cm³/mol. The summed E-state index contributed by atoms with van der Waals surface area (Å²) in [4.78, 5) is 11.8. The Kier molecular flexibility index (Phi) is 5.69. The molecule has 1 aromatic rings. The molecule has 0 aliphatic rings. The molecule has 4 heteroatoms. The molecule has 1 atom stereocenters. The van der Waals surface area contributed by atoms with Crippen LogP contribution in [0, 0.1) is 6.92 Å². The smallest absolute Gasteiger partial charge is 0.224 e. The molecule has 100 valence electrons. The molecule has 2 N–H and O–H groups in total. The van der Waals surface area contributed by atoms with Crippen molar-refractivity contribution < 1.29 is 9.90 Å². The van der Waals surface area contributed by atoms with E-state index in [1.54, 1.807) is 18.7 Å². The molecule has 1 amide bonds. The first kappa shape index (κ1) is 15.1. The van der Waals surface area contributed by atoms with E-state index in [1.165, 1.54) is 0 Å². The zero-order chi connectivity index (χ0) is 13.6. The Morgan fingerprint density at radius 1 is 1.44 bits per heavy atom. The summed E-state index contributed by atoms with van der Waals surface area (Å²) < 4.78 is 0. The summed E-state index contributed by atoms with van der Waals surface area (Å²) in [6.07, 6.45) is 2.30. The van der Waals surface area contributed by atoms with Crippen molar-refractivity contribution >= 4 is 17.7 Å². The third-order valence-corrected chi connectivity index (χ3v) is 3.64. The van der Waals surface area contributed by atoms with Gasteiger partial charge in [-0.3, -0.25) is 4.79 Å². The lowest BCUT2D eigenvalue weighted by molar-refractivity contribution is -0.121. The van der Waals surface area contributed by atoms with E-state index in [2.05, 4.69) is 5.32 Å². The van der Waals surface area contributed by atoms with Gasteiger partial charge in [-0.05, 0) is 31.2 Å². The molecule has 18 heavy (non-hydrogen) atoms. The third kappa shape index (κ3) is 5.10. The Bertz CT molecular complexity index is 405. The molecule has 1 unspecified atom stereocenters. The quantitative estimate of drug-likeness (QED) is 0.826. The number of carbonyl (C=O) groups excluding carboxylic acids is 1. The van der Waals surface area contributed by atoms with Gasteiger partial charge in [0.15, 0.2) is 0 Å². The maximum absolute atomic E-state index is 11.8. The van der Waals surface area contributed by atoms with Gasteiger partial charge in [0, 0.05) is 12.3 Å². The van der Waals surface area contributed by atoms with Crippen LogP contribution in [0.25, 0.3) is 0 Å². The van der Waals surface area contributed by atoms with Crippen LogP contribution in [0.5, 0.6) is 0 Å². The van der Waals surface area contributed by atoms with Crippen molar-refractivity contribution in [2.45, 2.75) is 25.9 Å². The number of carbonyl (C=O) groups is 1. The second-order valence-electron chi connectivity index (χ2n) is 4.81. The Hall–Kier alpha value is -1.00. The number of benzene rings is 1. The summed E-state index contributed by atoms with van der Waals surface area (Å²) in [5.74, 6) is 0.558. The minimum atomic E-state index is -0.846. The lowest BCUT2D eigenvalue weighted by Crippen LogP contribution is -2.42. The van der Waals surface area contributed by atoms with Gasteiger partial charge in [-0.2, -0.15) is 11.8 Å². The minimum absolute atomic E-state index is 0.0503. The van der Waals surface area contributed by atoms with Crippen LogP contribution in [0.3, 0.4) is 0 Å². The molecule has 0 radical (unpaired) electrons. The maximum Gasteiger partial charge on any atom is 0.224 e. The van der Waals surface area contributed by atoms with E-state index in [4.69, 9.17) is 0 Å². The topological polar surface area (TPSA) is 49.3 Å². The van der Waals surface area contributed by atoms with Crippen LogP contribution in [0.1, 0.15) is 18.1 Å². The molecule has 0 heterocycles. The van der Waals surface area contributed by atoms with Crippen molar-refractivity contribution in [1.29, 1.82) is 0 Å². The van der Waals surface area contributed by atoms with E-state index in [-0.39, 0.29) is 5.91 Å². The van der Waals surface area contributed by atoms with Crippen molar-refractivity contribution in [1.82, 2.24) is 5.32 Å². The monoisotopic (exact) mass is 267 g/mol. The van der Waals surface area contributed by atoms with Gasteiger partial charge in [0.2, 0.25) is 5.91 Å². The van der Waals surface area contributed by atoms with Crippen LogP contribution in [0.15, 0.2) is 24.3 Å². The molecule has 0 aliphatic carbocycles. The molecule has 0 fully saturated rings. The Balaban J connectivity index is 2.46. The van der Waals surface area contributed by atoms with Gasteiger partial charge in [0.05, 0.1) is 12.0 Å². The fraction of sp³-hybridized carbons (Fsp3) is 0.500. The summed E-state index contributed by atoms with van der Waals surface area (Å²) in [7, 11) is 0. The van der Waals surface area contributed by atoms with Gasteiger partial charge in [-0.25, -0.2) is 0 Å². The van der Waals surface area contributed by atoms with Crippen molar-refractivity contribution in [3.8, 4) is 0 Å². The summed E-state index contributed by atoms with van der Waals surface area (Å²) in [6.45, 7) is 4.02. The Morgan fingerprint density at radius 2 is 2.11 bits per heavy atom. The highest BCUT2D eigenvalue weighted by molar-refractivity contribution is 7.98. The second-order valence-corrected chi connectivity index (χ2v) is 5.68. The molecule has 0 saturated heterocycles. The van der Waals surface area contributed by atoms with Crippen molar-refractivity contribution in [2.75, 3.05) is 18.6 Å². The first-order valence-electron chi connectivity index (χ1n) is 5.97. The number of aryl methyl sites for hydroxylation is 1. The Morgan fingerprint density at radius 3 is 2.72 bits per heavy atom.